The Morgan fingerprint density at radius 2 is 1.47 bits per heavy atom. The smallest absolute Gasteiger partial charge is 0.378 e. The topological polar surface area (TPSA) is 102 Å². The molecular formula is C25H27ClF3N7O2. The molecule has 2 aliphatic heterocycles. The van der Waals surface area contributed by atoms with Gasteiger partial charge in [-0.15, -0.1) is 0 Å². The van der Waals surface area contributed by atoms with Crippen LogP contribution in [0, 0.1) is 0 Å². The molecule has 0 unspecified atom stereocenters. The molecule has 1 aromatic heterocycles. The highest BCUT2D eigenvalue weighted by molar-refractivity contribution is 6.31. The van der Waals surface area contributed by atoms with Gasteiger partial charge in [-0.1, -0.05) is 11.6 Å². The molecule has 0 saturated carbocycles. The lowest BCUT2D eigenvalue weighted by atomic mass is 10.1. The highest BCUT2D eigenvalue weighted by atomic mass is 35.5. The molecule has 9 nitrogen and oxygen atoms in total. The average Bonchev–Trinajstić information content (AvgIpc) is 3.62. The Labute approximate surface area is 221 Å². The van der Waals surface area contributed by atoms with Crippen LogP contribution >= 0.6 is 11.6 Å². The van der Waals surface area contributed by atoms with Crippen molar-refractivity contribution in [3.05, 3.63) is 55.3 Å². The van der Waals surface area contributed by atoms with Crippen molar-refractivity contribution in [1.29, 1.82) is 0 Å². The number of halogens is 4. The summed E-state index contributed by atoms with van der Waals surface area (Å²) in [4.78, 5) is 38.1. The summed E-state index contributed by atoms with van der Waals surface area (Å²) in [6, 6.07) is 5.11. The van der Waals surface area contributed by atoms with Gasteiger partial charge < -0.3 is 25.8 Å². The van der Waals surface area contributed by atoms with Gasteiger partial charge in [0.1, 0.15) is 23.0 Å². The predicted octanol–water partition coefficient (Wildman–Crippen LogP) is 4.21. The SMILES string of the molecule is O=c1c(NCCNc2cc(N3CCCC3)nc(N3CCCC3)n2)c(Nc2ccc(Cl)c(C(F)(F)F)c2)c1=O. The van der Waals surface area contributed by atoms with Crippen molar-refractivity contribution >= 4 is 46.2 Å². The van der Waals surface area contributed by atoms with Crippen LogP contribution in [0.3, 0.4) is 0 Å². The average molecular weight is 550 g/mol. The van der Waals surface area contributed by atoms with Gasteiger partial charge in [-0.2, -0.15) is 23.1 Å². The van der Waals surface area contributed by atoms with Crippen molar-refractivity contribution < 1.29 is 13.2 Å². The van der Waals surface area contributed by atoms with E-state index in [2.05, 4.69) is 30.7 Å². The third-order valence-corrected chi connectivity index (χ3v) is 7.03. The summed E-state index contributed by atoms with van der Waals surface area (Å²) in [5, 5.41) is 8.32. The fourth-order valence-corrected chi connectivity index (χ4v) is 4.93. The van der Waals surface area contributed by atoms with Crippen molar-refractivity contribution in [2.24, 2.45) is 0 Å². The number of alkyl halides is 3. The molecule has 0 radical (unpaired) electrons. The van der Waals surface area contributed by atoms with E-state index >= 15 is 0 Å². The third-order valence-electron chi connectivity index (χ3n) is 6.70. The molecule has 2 saturated heterocycles. The molecule has 5 rings (SSSR count). The Bertz CT molecular complexity index is 1340. The number of hydrogen-bond acceptors (Lipinski definition) is 9. The van der Waals surface area contributed by atoms with Gasteiger partial charge in [0.05, 0.1) is 10.6 Å². The Morgan fingerprint density at radius 3 is 2.16 bits per heavy atom. The number of aromatic nitrogens is 2. The first-order valence-electron chi connectivity index (χ1n) is 12.5. The van der Waals surface area contributed by atoms with Crippen LogP contribution in [0.25, 0.3) is 0 Å². The number of benzene rings is 1. The Hall–Kier alpha value is -3.54. The van der Waals surface area contributed by atoms with E-state index in [4.69, 9.17) is 16.6 Å². The monoisotopic (exact) mass is 549 g/mol. The first-order chi connectivity index (χ1) is 18.2. The van der Waals surface area contributed by atoms with E-state index in [0.717, 1.165) is 69.8 Å². The van der Waals surface area contributed by atoms with Gasteiger partial charge in [-0.25, -0.2) is 0 Å². The quantitative estimate of drug-likeness (QED) is 0.267. The maximum absolute atomic E-state index is 13.2. The van der Waals surface area contributed by atoms with Gasteiger partial charge in [-0.05, 0) is 43.9 Å². The highest BCUT2D eigenvalue weighted by Gasteiger charge is 2.33. The molecule has 0 atom stereocenters. The zero-order valence-corrected chi connectivity index (χ0v) is 21.3. The summed E-state index contributed by atoms with van der Waals surface area (Å²) in [7, 11) is 0. The lowest BCUT2D eigenvalue weighted by molar-refractivity contribution is -0.137. The van der Waals surface area contributed by atoms with Gasteiger partial charge in [0.25, 0.3) is 10.9 Å². The van der Waals surface area contributed by atoms with Gasteiger partial charge in [0.15, 0.2) is 0 Å². The number of nitrogens with one attached hydrogen (secondary N) is 3. The maximum atomic E-state index is 13.2. The molecule has 13 heteroatoms. The molecule has 38 heavy (non-hydrogen) atoms. The summed E-state index contributed by atoms with van der Waals surface area (Å²) in [6.45, 7) is 4.40. The second-order valence-corrected chi connectivity index (χ2v) is 9.79. The first-order valence-corrected chi connectivity index (χ1v) is 12.9. The van der Waals surface area contributed by atoms with E-state index in [-0.39, 0.29) is 23.6 Å². The van der Waals surface area contributed by atoms with Crippen LogP contribution in [0.4, 0.5) is 47.8 Å². The van der Waals surface area contributed by atoms with E-state index in [9.17, 15) is 22.8 Å². The van der Waals surface area contributed by atoms with Crippen molar-refractivity contribution in [3.8, 4) is 0 Å². The summed E-state index contributed by atoms with van der Waals surface area (Å²) >= 11 is 5.66. The van der Waals surface area contributed by atoms with Crippen LogP contribution in [0.5, 0.6) is 0 Å². The summed E-state index contributed by atoms with van der Waals surface area (Å²) < 4.78 is 39.5. The molecule has 2 aromatic carbocycles. The fourth-order valence-electron chi connectivity index (χ4n) is 4.70. The number of rotatable bonds is 9. The molecule has 3 heterocycles. The van der Waals surface area contributed by atoms with Crippen molar-refractivity contribution in [1.82, 2.24) is 9.97 Å². The number of anilines is 6. The minimum atomic E-state index is -4.65. The predicted molar refractivity (Wildman–Crippen MR) is 143 cm³/mol. The summed E-state index contributed by atoms with van der Waals surface area (Å²) in [5.74, 6) is 2.23. The van der Waals surface area contributed by atoms with E-state index in [0.29, 0.717) is 18.3 Å². The van der Waals surface area contributed by atoms with Crippen molar-refractivity contribution in [3.63, 3.8) is 0 Å². The molecule has 0 bridgehead atoms. The summed E-state index contributed by atoms with van der Waals surface area (Å²) in [5.41, 5.74) is -2.62. The standard InChI is InChI=1S/C25H27ClF3N7O2/c26-17-6-5-15(13-16(17)25(27,28)29)32-21-20(22(37)23(21)38)31-8-7-30-18-14-19(35-9-1-2-10-35)34-24(33-18)36-11-3-4-12-36/h5-6,13-14,31-32H,1-4,7-12H2,(H,30,33,34). The zero-order valence-electron chi connectivity index (χ0n) is 20.5. The lowest BCUT2D eigenvalue weighted by Crippen LogP contribution is -2.37. The van der Waals surface area contributed by atoms with Crippen LogP contribution in [-0.2, 0) is 6.18 Å². The van der Waals surface area contributed by atoms with Crippen LogP contribution < -0.4 is 36.6 Å². The molecule has 202 valence electrons. The van der Waals surface area contributed by atoms with E-state index < -0.39 is 27.6 Å². The van der Waals surface area contributed by atoms with Gasteiger partial charge >= 0.3 is 6.18 Å². The van der Waals surface area contributed by atoms with E-state index in [1.54, 1.807) is 0 Å². The minimum Gasteiger partial charge on any atom is -0.378 e. The normalized spacial score (nSPS) is 15.9. The van der Waals surface area contributed by atoms with Crippen molar-refractivity contribution in [2.45, 2.75) is 31.9 Å². The minimum absolute atomic E-state index is 0.000121. The Balaban J connectivity index is 1.24. The molecule has 3 aromatic rings. The third kappa shape index (κ3) is 5.50. The fraction of sp³-hybridized carbons (Fsp3) is 0.440. The second kappa shape index (κ2) is 10.7. The molecule has 0 aliphatic carbocycles. The Kier molecular flexibility index (Phi) is 7.33. The van der Waals surface area contributed by atoms with Crippen LogP contribution in [0.15, 0.2) is 33.9 Å². The molecular weight excluding hydrogens is 523 g/mol. The maximum Gasteiger partial charge on any atom is 0.417 e. The lowest BCUT2D eigenvalue weighted by Gasteiger charge is -2.22. The van der Waals surface area contributed by atoms with E-state index in [1.807, 2.05) is 6.07 Å². The van der Waals surface area contributed by atoms with Gasteiger partial charge in [-0.3, -0.25) is 9.59 Å². The zero-order chi connectivity index (χ0) is 26.9. The summed E-state index contributed by atoms with van der Waals surface area (Å²) in [6.07, 6.45) is -0.186. The largest absolute Gasteiger partial charge is 0.417 e. The van der Waals surface area contributed by atoms with Crippen LogP contribution in [-0.4, -0.2) is 49.2 Å². The van der Waals surface area contributed by atoms with Crippen molar-refractivity contribution in [2.75, 3.05) is 65.0 Å². The van der Waals surface area contributed by atoms with Crippen LogP contribution in [0.1, 0.15) is 31.2 Å². The Morgan fingerprint density at radius 1 is 0.842 bits per heavy atom. The first kappa shape index (κ1) is 26.1. The molecule has 0 amide bonds. The molecule has 3 N–H and O–H groups in total. The number of hydrogen-bond donors (Lipinski definition) is 3. The van der Waals surface area contributed by atoms with E-state index in [1.165, 1.54) is 6.07 Å². The van der Waals surface area contributed by atoms with Crippen LogP contribution in [0.2, 0.25) is 5.02 Å². The molecule has 2 fully saturated rings. The van der Waals surface area contributed by atoms with Gasteiger partial charge in [0, 0.05) is 51.0 Å². The highest BCUT2D eigenvalue weighted by Crippen LogP contribution is 2.37. The number of nitrogens with zero attached hydrogens (tertiary/aromatic N) is 4. The second-order valence-electron chi connectivity index (χ2n) is 9.38. The van der Waals surface area contributed by atoms with Gasteiger partial charge in [0.2, 0.25) is 5.95 Å². The molecule has 2 aliphatic rings. The molecule has 0 spiro atoms.